The summed E-state index contributed by atoms with van der Waals surface area (Å²) in [5.74, 6) is 1.83. The first kappa shape index (κ1) is 18.3. The monoisotopic (exact) mass is 438 g/mol. The van der Waals surface area contributed by atoms with Gasteiger partial charge in [-0.25, -0.2) is 4.98 Å². The van der Waals surface area contributed by atoms with Gasteiger partial charge in [-0.2, -0.15) is 0 Å². The van der Waals surface area contributed by atoms with Crippen LogP contribution < -0.4 is 5.32 Å². The molecule has 3 aromatic rings. The lowest BCUT2D eigenvalue weighted by atomic mass is 10.0. The van der Waals surface area contributed by atoms with Crippen LogP contribution in [0.25, 0.3) is 11.0 Å². The van der Waals surface area contributed by atoms with Crippen LogP contribution in [0.1, 0.15) is 42.6 Å². The number of nitrogens with one attached hydrogen (secondary N) is 1. The normalized spacial score (nSPS) is 21.5. The molecule has 2 fully saturated rings. The van der Waals surface area contributed by atoms with Crippen LogP contribution >= 0.6 is 15.9 Å². The first-order valence-corrected chi connectivity index (χ1v) is 11.2. The first-order chi connectivity index (χ1) is 13.8. The highest BCUT2D eigenvalue weighted by Gasteiger charge is 2.29. The van der Waals surface area contributed by atoms with Crippen LogP contribution in [0.3, 0.4) is 0 Å². The van der Waals surface area contributed by atoms with Crippen molar-refractivity contribution in [1.29, 1.82) is 0 Å². The van der Waals surface area contributed by atoms with Crippen molar-refractivity contribution >= 4 is 27.0 Å². The molecule has 4 nitrogen and oxygen atoms in total. The Hall–Kier alpha value is -1.69. The molecule has 28 heavy (non-hydrogen) atoms. The number of piperidine rings is 1. The molecule has 146 valence electrons. The molecule has 5 heteroatoms. The van der Waals surface area contributed by atoms with E-state index in [1.807, 2.05) is 0 Å². The van der Waals surface area contributed by atoms with Crippen molar-refractivity contribution in [2.45, 2.75) is 37.8 Å². The number of halogens is 1. The summed E-state index contributed by atoms with van der Waals surface area (Å²) in [6, 6.07) is 18.0. The number of nitrogens with zero attached hydrogens (tertiary/aromatic N) is 3. The number of aromatic nitrogens is 2. The minimum atomic E-state index is 0.536. The molecule has 2 aliphatic rings. The van der Waals surface area contributed by atoms with E-state index in [1.54, 1.807) is 0 Å². The second-order valence-electron chi connectivity index (χ2n) is 8.16. The Bertz CT molecular complexity index is 938. The van der Waals surface area contributed by atoms with Crippen molar-refractivity contribution in [3.63, 3.8) is 0 Å². The average molecular weight is 439 g/mol. The minimum absolute atomic E-state index is 0.536. The van der Waals surface area contributed by atoms with Gasteiger partial charge in [-0.15, -0.1) is 0 Å². The maximum atomic E-state index is 5.10. The van der Waals surface area contributed by atoms with Gasteiger partial charge in [0, 0.05) is 42.6 Å². The van der Waals surface area contributed by atoms with Crippen LogP contribution in [-0.2, 0) is 6.54 Å². The molecule has 0 unspecified atom stereocenters. The predicted octanol–water partition coefficient (Wildman–Crippen LogP) is 4.71. The van der Waals surface area contributed by atoms with Gasteiger partial charge in [0.05, 0.1) is 11.0 Å². The molecule has 1 N–H and O–H groups in total. The Balaban J connectivity index is 1.39. The van der Waals surface area contributed by atoms with Gasteiger partial charge in [0.15, 0.2) is 0 Å². The van der Waals surface area contributed by atoms with Gasteiger partial charge in [0.25, 0.3) is 0 Å². The fourth-order valence-corrected chi connectivity index (χ4v) is 5.16. The molecule has 0 radical (unpaired) electrons. The summed E-state index contributed by atoms with van der Waals surface area (Å²) in [4.78, 5) is 7.69. The van der Waals surface area contributed by atoms with E-state index in [-0.39, 0.29) is 0 Å². The summed E-state index contributed by atoms with van der Waals surface area (Å²) in [7, 11) is 0. The van der Waals surface area contributed by atoms with Gasteiger partial charge in [-0.3, -0.25) is 4.90 Å². The third kappa shape index (κ3) is 3.63. The fraction of sp³-hybridized carbons (Fsp3) is 0.435. The number of hydrogen-bond acceptors (Lipinski definition) is 3. The van der Waals surface area contributed by atoms with Crippen molar-refractivity contribution in [3.8, 4) is 0 Å². The maximum Gasteiger partial charge on any atom is 0.114 e. The van der Waals surface area contributed by atoms with Gasteiger partial charge in [-0.05, 0) is 49.6 Å². The molecule has 0 saturated carbocycles. The zero-order valence-corrected chi connectivity index (χ0v) is 17.7. The molecule has 2 aliphatic heterocycles. The van der Waals surface area contributed by atoms with Gasteiger partial charge in [0.2, 0.25) is 0 Å². The Morgan fingerprint density at radius 1 is 1.04 bits per heavy atom. The summed E-state index contributed by atoms with van der Waals surface area (Å²) in [5.41, 5.74) is 3.84. The Labute approximate surface area is 175 Å². The number of fused-ring (bicyclic) bond motifs is 1. The number of hydrogen-bond donors (Lipinski definition) is 1. The largest absolute Gasteiger partial charge is 0.324 e. The topological polar surface area (TPSA) is 33.1 Å². The van der Waals surface area contributed by atoms with Gasteiger partial charge >= 0.3 is 0 Å². The lowest BCUT2D eigenvalue weighted by Gasteiger charge is -2.34. The predicted molar refractivity (Wildman–Crippen MR) is 118 cm³/mol. The molecule has 0 amide bonds. The van der Waals surface area contributed by atoms with Crippen LogP contribution in [0.5, 0.6) is 0 Å². The first-order valence-electron chi connectivity index (χ1n) is 10.4. The lowest BCUT2D eigenvalue weighted by Crippen LogP contribution is -2.34. The van der Waals surface area contributed by atoms with Crippen LogP contribution in [0.2, 0.25) is 0 Å². The van der Waals surface area contributed by atoms with Gasteiger partial charge < -0.3 is 9.88 Å². The number of imidazole rings is 1. The molecule has 5 rings (SSSR count). The Morgan fingerprint density at radius 2 is 1.86 bits per heavy atom. The molecule has 0 bridgehead atoms. The molecule has 1 atom stereocenters. The molecular weight excluding hydrogens is 412 g/mol. The summed E-state index contributed by atoms with van der Waals surface area (Å²) in [5, 5.41) is 3.52. The van der Waals surface area contributed by atoms with E-state index in [4.69, 9.17) is 4.98 Å². The van der Waals surface area contributed by atoms with E-state index in [1.165, 1.54) is 36.2 Å². The van der Waals surface area contributed by atoms with E-state index < -0.39 is 0 Å². The van der Waals surface area contributed by atoms with Crippen molar-refractivity contribution in [2.24, 2.45) is 0 Å². The van der Waals surface area contributed by atoms with E-state index in [0.29, 0.717) is 12.0 Å². The Morgan fingerprint density at radius 3 is 2.61 bits per heavy atom. The highest BCUT2D eigenvalue weighted by atomic mass is 79.9. The van der Waals surface area contributed by atoms with E-state index in [9.17, 15) is 0 Å². The van der Waals surface area contributed by atoms with E-state index in [2.05, 4.69) is 79.2 Å². The third-order valence-electron chi connectivity index (χ3n) is 6.28. The zero-order chi connectivity index (χ0) is 18.9. The molecular formula is C23H27BrN4. The van der Waals surface area contributed by atoms with Crippen molar-refractivity contribution < 1.29 is 0 Å². The highest BCUT2D eigenvalue weighted by molar-refractivity contribution is 9.10. The third-order valence-corrected chi connectivity index (χ3v) is 6.77. The summed E-state index contributed by atoms with van der Waals surface area (Å²) < 4.78 is 3.69. The average Bonchev–Trinajstić information content (AvgIpc) is 3.37. The number of likely N-dealkylation sites (tertiary alicyclic amines) is 1. The minimum Gasteiger partial charge on any atom is -0.324 e. The maximum absolute atomic E-state index is 5.10. The highest BCUT2D eigenvalue weighted by Crippen LogP contribution is 2.34. The van der Waals surface area contributed by atoms with Crippen molar-refractivity contribution in [1.82, 2.24) is 19.8 Å². The van der Waals surface area contributed by atoms with E-state index in [0.717, 1.165) is 42.7 Å². The van der Waals surface area contributed by atoms with Crippen LogP contribution in [0.4, 0.5) is 0 Å². The quantitative estimate of drug-likeness (QED) is 0.639. The second kappa shape index (κ2) is 7.97. The second-order valence-corrected chi connectivity index (χ2v) is 9.07. The molecule has 0 spiro atoms. The Kier molecular flexibility index (Phi) is 5.22. The SMILES string of the molecule is Brc1ccc2c(c1)nc([C@@H]1CCNC1)n2C1CCN(Cc2ccccc2)CC1. The standard InChI is InChI=1S/C23H27BrN4/c24-19-6-7-22-21(14-19)26-23(18-8-11-25-15-18)28(22)20-9-12-27(13-10-20)16-17-4-2-1-3-5-17/h1-7,14,18,20,25H,8-13,15-16H2/t18-/m1/s1. The summed E-state index contributed by atoms with van der Waals surface area (Å²) in [6.45, 7) is 5.52. The van der Waals surface area contributed by atoms with Crippen molar-refractivity contribution in [3.05, 3.63) is 64.4 Å². The van der Waals surface area contributed by atoms with Crippen LogP contribution in [-0.4, -0.2) is 40.6 Å². The van der Waals surface area contributed by atoms with Gasteiger partial charge in [0.1, 0.15) is 5.82 Å². The van der Waals surface area contributed by atoms with Crippen LogP contribution in [0.15, 0.2) is 53.0 Å². The summed E-state index contributed by atoms with van der Waals surface area (Å²) >= 11 is 3.62. The molecule has 0 aliphatic carbocycles. The smallest absolute Gasteiger partial charge is 0.114 e. The van der Waals surface area contributed by atoms with E-state index >= 15 is 0 Å². The van der Waals surface area contributed by atoms with Gasteiger partial charge in [-0.1, -0.05) is 46.3 Å². The summed E-state index contributed by atoms with van der Waals surface area (Å²) in [6.07, 6.45) is 3.58. The lowest BCUT2D eigenvalue weighted by molar-refractivity contribution is 0.179. The zero-order valence-electron chi connectivity index (χ0n) is 16.1. The number of rotatable bonds is 4. The molecule has 1 aromatic heterocycles. The fourth-order valence-electron chi connectivity index (χ4n) is 4.81. The molecule has 2 aromatic carbocycles. The number of benzene rings is 2. The molecule has 2 saturated heterocycles. The molecule has 3 heterocycles. The van der Waals surface area contributed by atoms with Crippen LogP contribution in [0, 0.1) is 0 Å². The van der Waals surface area contributed by atoms with Crippen molar-refractivity contribution in [2.75, 3.05) is 26.2 Å².